The number of carbonyl (C=O) groups is 1. The second-order valence-corrected chi connectivity index (χ2v) is 9.11. The summed E-state index contributed by atoms with van der Waals surface area (Å²) in [6.07, 6.45) is 1.34. The van der Waals surface area contributed by atoms with E-state index in [1.54, 1.807) is 24.3 Å². The van der Waals surface area contributed by atoms with Crippen LogP contribution in [0.15, 0.2) is 70.6 Å². The number of nitrogens with one attached hydrogen (secondary N) is 1. The molecular weight excluding hydrogens is 426 g/mol. The van der Waals surface area contributed by atoms with Crippen LogP contribution in [0.25, 0.3) is 10.2 Å². The molecule has 2 aromatic carbocycles. The van der Waals surface area contributed by atoms with Gasteiger partial charge in [-0.05, 0) is 30.3 Å². The third-order valence-electron chi connectivity index (χ3n) is 4.27. The van der Waals surface area contributed by atoms with Crippen molar-refractivity contribution in [1.29, 1.82) is 0 Å². The zero-order chi connectivity index (χ0) is 21.3. The Bertz CT molecular complexity index is 1350. The van der Waals surface area contributed by atoms with Gasteiger partial charge in [-0.3, -0.25) is 10.1 Å². The van der Waals surface area contributed by atoms with Crippen LogP contribution in [0, 0.1) is 0 Å². The van der Waals surface area contributed by atoms with Gasteiger partial charge in [0.25, 0.3) is 5.91 Å². The average Bonchev–Trinajstić information content (AvgIpc) is 3.15. The molecule has 4 aromatic rings. The number of ether oxygens (including phenoxy) is 1. The van der Waals surface area contributed by atoms with Gasteiger partial charge in [-0.15, -0.1) is 0 Å². The molecule has 0 fully saturated rings. The van der Waals surface area contributed by atoms with Gasteiger partial charge in [0.1, 0.15) is 0 Å². The van der Waals surface area contributed by atoms with Crippen molar-refractivity contribution in [2.75, 3.05) is 12.4 Å². The lowest BCUT2D eigenvalue weighted by Crippen LogP contribution is -2.13. The van der Waals surface area contributed by atoms with Crippen LogP contribution >= 0.6 is 11.3 Å². The molecule has 0 aliphatic rings. The number of methoxy groups -OCH3 is 1. The summed E-state index contributed by atoms with van der Waals surface area (Å²) in [5.41, 5.74) is 0.325. The molecule has 0 spiro atoms. The first-order chi connectivity index (χ1) is 14.4. The van der Waals surface area contributed by atoms with Crippen LogP contribution in [0.2, 0.25) is 0 Å². The fourth-order valence-corrected chi connectivity index (χ4v) is 5.07. The lowest BCUT2D eigenvalue weighted by Gasteiger charge is -2.06. The SMILES string of the molecule is COc1ccnc(C(=O)Nc2nc3ccc(S(=O)(=O)c4ccccc4)cc3s2)c1O. The Morgan fingerprint density at radius 1 is 1.10 bits per heavy atom. The molecule has 0 bridgehead atoms. The number of hydrogen-bond acceptors (Lipinski definition) is 8. The Morgan fingerprint density at radius 2 is 1.87 bits per heavy atom. The molecule has 0 atom stereocenters. The molecule has 0 saturated carbocycles. The molecule has 152 valence electrons. The smallest absolute Gasteiger partial charge is 0.280 e. The Balaban J connectivity index is 1.64. The Hall–Kier alpha value is -3.50. The van der Waals surface area contributed by atoms with Gasteiger partial charge in [0.15, 0.2) is 22.3 Å². The van der Waals surface area contributed by atoms with Crippen LogP contribution in [0.4, 0.5) is 5.13 Å². The van der Waals surface area contributed by atoms with Gasteiger partial charge in [-0.2, -0.15) is 0 Å². The molecule has 2 N–H and O–H groups in total. The van der Waals surface area contributed by atoms with E-state index >= 15 is 0 Å². The lowest BCUT2D eigenvalue weighted by molar-refractivity contribution is 0.101. The molecule has 2 heterocycles. The van der Waals surface area contributed by atoms with E-state index in [4.69, 9.17) is 4.74 Å². The summed E-state index contributed by atoms with van der Waals surface area (Å²) >= 11 is 1.11. The van der Waals surface area contributed by atoms with Gasteiger partial charge in [0, 0.05) is 12.3 Å². The molecule has 0 aliphatic carbocycles. The van der Waals surface area contributed by atoms with Gasteiger partial charge in [0.05, 0.1) is 27.1 Å². The van der Waals surface area contributed by atoms with Crippen LogP contribution in [-0.4, -0.2) is 36.5 Å². The second kappa shape index (κ2) is 7.73. The zero-order valence-corrected chi connectivity index (χ0v) is 17.2. The third kappa shape index (κ3) is 3.58. The van der Waals surface area contributed by atoms with Crippen molar-refractivity contribution in [3.8, 4) is 11.5 Å². The van der Waals surface area contributed by atoms with Crippen LogP contribution in [0.5, 0.6) is 11.5 Å². The van der Waals surface area contributed by atoms with Gasteiger partial charge in [-0.25, -0.2) is 18.4 Å². The maximum atomic E-state index is 12.8. The number of aromatic hydroxyl groups is 1. The normalized spacial score (nSPS) is 11.4. The third-order valence-corrected chi connectivity index (χ3v) is 6.97. The van der Waals surface area contributed by atoms with Crippen molar-refractivity contribution in [3.05, 3.63) is 66.5 Å². The van der Waals surface area contributed by atoms with E-state index in [2.05, 4.69) is 15.3 Å². The number of sulfone groups is 1. The fourth-order valence-electron chi connectivity index (χ4n) is 2.78. The van der Waals surface area contributed by atoms with Gasteiger partial charge >= 0.3 is 0 Å². The van der Waals surface area contributed by atoms with Crippen molar-refractivity contribution < 1.29 is 23.1 Å². The molecule has 4 rings (SSSR count). The van der Waals surface area contributed by atoms with Crippen molar-refractivity contribution in [2.24, 2.45) is 0 Å². The number of hydrogen-bond donors (Lipinski definition) is 2. The Morgan fingerprint density at radius 3 is 2.60 bits per heavy atom. The molecule has 0 unspecified atom stereocenters. The number of aromatic nitrogens is 2. The maximum Gasteiger partial charge on any atom is 0.280 e. The van der Waals surface area contributed by atoms with Crippen LogP contribution in [-0.2, 0) is 9.84 Å². The van der Waals surface area contributed by atoms with Crippen molar-refractivity contribution >= 4 is 42.4 Å². The number of rotatable bonds is 5. The van der Waals surface area contributed by atoms with Crippen LogP contribution in [0.3, 0.4) is 0 Å². The van der Waals surface area contributed by atoms with E-state index in [1.165, 1.54) is 43.6 Å². The highest BCUT2D eigenvalue weighted by atomic mass is 32.2. The number of pyridine rings is 1. The molecule has 30 heavy (non-hydrogen) atoms. The van der Waals surface area contributed by atoms with E-state index in [0.717, 1.165) is 11.3 Å². The van der Waals surface area contributed by atoms with E-state index < -0.39 is 15.7 Å². The van der Waals surface area contributed by atoms with Crippen molar-refractivity contribution in [3.63, 3.8) is 0 Å². The van der Waals surface area contributed by atoms with E-state index in [9.17, 15) is 18.3 Å². The maximum absolute atomic E-state index is 12.8. The molecule has 0 saturated heterocycles. The second-order valence-electron chi connectivity index (χ2n) is 6.13. The summed E-state index contributed by atoms with van der Waals surface area (Å²) in [5.74, 6) is -0.923. The summed E-state index contributed by atoms with van der Waals surface area (Å²) in [7, 11) is -2.30. The number of thiazole rings is 1. The van der Waals surface area contributed by atoms with Gasteiger partial charge < -0.3 is 9.84 Å². The molecule has 0 radical (unpaired) electrons. The van der Waals surface area contributed by atoms with Crippen LogP contribution in [0.1, 0.15) is 10.5 Å². The first-order valence-corrected chi connectivity index (χ1v) is 10.9. The zero-order valence-electron chi connectivity index (χ0n) is 15.6. The standard InChI is InChI=1S/C20H15N3O5S2/c1-28-15-9-10-21-17(18(15)24)19(25)23-20-22-14-8-7-13(11-16(14)29-20)30(26,27)12-5-3-2-4-6-12/h2-11,24H,1H3,(H,22,23,25). The molecule has 1 amide bonds. The predicted octanol–water partition coefficient (Wildman–Crippen LogP) is 3.49. The molecule has 2 aromatic heterocycles. The van der Waals surface area contributed by atoms with Crippen LogP contribution < -0.4 is 10.1 Å². The number of benzene rings is 2. The monoisotopic (exact) mass is 441 g/mol. The van der Waals surface area contributed by atoms with Gasteiger partial charge in [-0.1, -0.05) is 29.5 Å². The summed E-state index contributed by atoms with van der Waals surface area (Å²) in [6.45, 7) is 0. The Kier molecular flexibility index (Phi) is 5.10. The average molecular weight is 441 g/mol. The Labute approximate surface area is 175 Å². The molecule has 0 aliphatic heterocycles. The first kappa shape index (κ1) is 19.8. The quantitative estimate of drug-likeness (QED) is 0.487. The largest absolute Gasteiger partial charge is 0.503 e. The van der Waals surface area contributed by atoms with E-state index in [0.29, 0.717) is 10.2 Å². The fraction of sp³-hybridized carbons (Fsp3) is 0.0500. The molecule has 10 heteroatoms. The number of fused-ring (bicyclic) bond motifs is 1. The number of nitrogens with zero attached hydrogens (tertiary/aromatic N) is 2. The van der Waals surface area contributed by atoms with E-state index in [-0.39, 0.29) is 32.1 Å². The summed E-state index contributed by atoms with van der Waals surface area (Å²) in [5, 5.41) is 12.9. The van der Waals surface area contributed by atoms with Crippen molar-refractivity contribution in [2.45, 2.75) is 9.79 Å². The topological polar surface area (TPSA) is 118 Å². The highest BCUT2D eigenvalue weighted by molar-refractivity contribution is 7.91. The van der Waals surface area contributed by atoms with Crippen molar-refractivity contribution in [1.82, 2.24) is 9.97 Å². The summed E-state index contributed by atoms with van der Waals surface area (Å²) < 4.78 is 31.2. The lowest BCUT2D eigenvalue weighted by atomic mass is 10.3. The summed E-state index contributed by atoms with van der Waals surface area (Å²) in [6, 6.07) is 14.1. The molecular formula is C20H15N3O5S2. The predicted molar refractivity (Wildman–Crippen MR) is 112 cm³/mol. The highest BCUT2D eigenvalue weighted by Crippen LogP contribution is 2.32. The minimum Gasteiger partial charge on any atom is -0.503 e. The first-order valence-electron chi connectivity index (χ1n) is 8.64. The number of anilines is 1. The highest BCUT2D eigenvalue weighted by Gasteiger charge is 2.20. The number of carbonyl (C=O) groups excluding carboxylic acids is 1. The van der Waals surface area contributed by atoms with Gasteiger partial charge in [0.2, 0.25) is 9.84 Å². The minimum atomic E-state index is -3.67. The van der Waals surface area contributed by atoms with E-state index in [1.807, 2.05) is 0 Å². The number of amides is 1. The minimum absolute atomic E-state index is 0.121. The molecule has 8 nitrogen and oxygen atoms in total. The summed E-state index contributed by atoms with van der Waals surface area (Å²) in [4.78, 5) is 21.0.